The summed E-state index contributed by atoms with van der Waals surface area (Å²) in [5.41, 5.74) is 0. The van der Waals surface area contributed by atoms with Crippen LogP contribution in [0.15, 0.2) is 0 Å². The van der Waals surface area contributed by atoms with Crippen molar-refractivity contribution in [2.24, 2.45) is 0 Å². The number of carbonyl (C=O) groups is 3. The van der Waals surface area contributed by atoms with Crippen LogP contribution in [-0.4, -0.2) is 24.0 Å². The topological polar surface area (TPSA) is 80.7 Å². The monoisotopic (exact) mass is 134 g/mol. The maximum absolute atomic E-state index is 9.59. The number of esters is 1. The van der Waals surface area contributed by atoms with Gasteiger partial charge < -0.3 is 9.84 Å². The zero-order valence-electron chi connectivity index (χ0n) is 4.73. The number of hydrogen-bond acceptors (Lipinski definition) is 4. The van der Waals surface area contributed by atoms with Gasteiger partial charge in [0.05, 0.1) is 0 Å². The average Bonchev–Trinajstić information content (AvgIpc) is 1.67. The van der Waals surface area contributed by atoms with E-state index < -0.39 is 5.97 Å². The van der Waals surface area contributed by atoms with E-state index in [4.69, 9.17) is 9.90 Å². The van der Waals surface area contributed by atoms with Gasteiger partial charge >= 0.3 is 12.4 Å². The maximum Gasteiger partial charge on any atom is 0.310 e. The van der Waals surface area contributed by atoms with Gasteiger partial charge in [-0.3, -0.25) is 14.4 Å². The Morgan fingerprint density at radius 1 is 1.56 bits per heavy atom. The molecule has 0 aromatic rings. The zero-order chi connectivity index (χ0) is 7.70. The van der Waals surface area contributed by atoms with Gasteiger partial charge in [-0.25, -0.2) is 0 Å². The maximum atomic E-state index is 9.59. The normalized spacial score (nSPS) is 5.89. The second-order valence-corrected chi connectivity index (χ2v) is 0.811. The van der Waals surface area contributed by atoms with Crippen LogP contribution < -0.4 is 0 Å². The molecule has 0 aliphatic carbocycles. The molecule has 0 spiro atoms. The molecular formula is C4H6O5. The fourth-order valence-corrected chi connectivity index (χ4v) is 0.0678. The molecular weight excluding hydrogens is 128 g/mol. The first-order valence-electron chi connectivity index (χ1n) is 1.87. The standard InChI is InChI=1S/C3H4O3.CH2O2/c1-3(5)6-2-4;2-1-3/h2H,1H3;1H,(H,2,3). The number of rotatable bonds is 1. The Hall–Kier alpha value is -1.39. The summed E-state index contributed by atoms with van der Waals surface area (Å²) in [6.07, 6.45) is 0. The number of carboxylic acid groups (broad SMARTS) is 1. The minimum atomic E-state index is -0.579. The Bertz CT molecular complexity index is 97.1. The lowest BCUT2D eigenvalue weighted by molar-refractivity contribution is -0.149. The number of hydrogen-bond donors (Lipinski definition) is 1. The molecule has 0 amide bonds. The van der Waals surface area contributed by atoms with Crippen LogP contribution in [0.3, 0.4) is 0 Å². The summed E-state index contributed by atoms with van der Waals surface area (Å²) < 4.78 is 3.72. The van der Waals surface area contributed by atoms with Crippen molar-refractivity contribution < 1.29 is 24.2 Å². The van der Waals surface area contributed by atoms with Crippen LogP contribution in [0, 0.1) is 0 Å². The van der Waals surface area contributed by atoms with Crippen molar-refractivity contribution in [1.82, 2.24) is 0 Å². The SMILES string of the molecule is CC(=O)OC=O.O=CO. The van der Waals surface area contributed by atoms with Crippen LogP contribution in [0.25, 0.3) is 0 Å². The molecule has 0 atom stereocenters. The molecule has 0 bridgehead atoms. The first kappa shape index (κ1) is 10.6. The Labute approximate surface area is 51.2 Å². The van der Waals surface area contributed by atoms with Crippen molar-refractivity contribution in [3.8, 4) is 0 Å². The molecule has 0 aliphatic heterocycles. The second kappa shape index (κ2) is 9.79. The molecule has 52 valence electrons. The highest BCUT2D eigenvalue weighted by molar-refractivity contribution is 5.73. The van der Waals surface area contributed by atoms with E-state index in [2.05, 4.69) is 4.74 Å². The molecule has 0 rings (SSSR count). The van der Waals surface area contributed by atoms with Crippen LogP contribution >= 0.6 is 0 Å². The van der Waals surface area contributed by atoms with E-state index in [-0.39, 0.29) is 12.9 Å². The number of carbonyl (C=O) groups excluding carboxylic acids is 2. The Morgan fingerprint density at radius 2 is 1.89 bits per heavy atom. The van der Waals surface area contributed by atoms with E-state index in [0.29, 0.717) is 0 Å². The van der Waals surface area contributed by atoms with Crippen LogP contribution in [-0.2, 0) is 19.1 Å². The summed E-state index contributed by atoms with van der Waals surface area (Å²) in [6, 6.07) is 0. The summed E-state index contributed by atoms with van der Waals surface area (Å²) >= 11 is 0. The van der Waals surface area contributed by atoms with Gasteiger partial charge in [-0.2, -0.15) is 0 Å². The molecule has 0 unspecified atom stereocenters. The predicted octanol–water partition coefficient (Wildman–Crippen LogP) is -0.593. The Kier molecular flexibility index (Phi) is 11.5. The molecule has 0 heterocycles. The third-order valence-electron chi connectivity index (χ3n) is 0.214. The molecule has 1 N–H and O–H groups in total. The minimum absolute atomic E-state index is 0.0995. The van der Waals surface area contributed by atoms with Gasteiger partial charge in [0.1, 0.15) is 0 Å². The molecule has 0 saturated heterocycles. The van der Waals surface area contributed by atoms with Gasteiger partial charge in [0.2, 0.25) is 0 Å². The summed E-state index contributed by atoms with van der Waals surface area (Å²) in [7, 11) is 0. The van der Waals surface area contributed by atoms with Crippen molar-refractivity contribution in [3.05, 3.63) is 0 Å². The fraction of sp³-hybridized carbons (Fsp3) is 0.250. The van der Waals surface area contributed by atoms with E-state index in [1.54, 1.807) is 0 Å². The van der Waals surface area contributed by atoms with Gasteiger partial charge in [-0.15, -0.1) is 0 Å². The highest BCUT2D eigenvalue weighted by Crippen LogP contribution is 1.62. The summed E-state index contributed by atoms with van der Waals surface area (Å²) in [4.78, 5) is 27.1. The largest absolute Gasteiger partial charge is 0.483 e. The lowest BCUT2D eigenvalue weighted by Crippen LogP contribution is -1.93. The van der Waals surface area contributed by atoms with Crippen LogP contribution in [0.5, 0.6) is 0 Å². The lowest BCUT2D eigenvalue weighted by atomic mass is 10.8. The molecule has 0 radical (unpaired) electrons. The number of ether oxygens (including phenoxy) is 1. The predicted molar refractivity (Wildman–Crippen MR) is 26.5 cm³/mol. The van der Waals surface area contributed by atoms with Crippen molar-refractivity contribution in [2.45, 2.75) is 6.92 Å². The molecule has 0 aromatic carbocycles. The molecule has 5 heteroatoms. The lowest BCUT2D eigenvalue weighted by Gasteiger charge is -1.78. The minimum Gasteiger partial charge on any atom is -0.483 e. The highest BCUT2D eigenvalue weighted by atomic mass is 16.6. The van der Waals surface area contributed by atoms with Crippen molar-refractivity contribution in [1.29, 1.82) is 0 Å². The first-order chi connectivity index (χ1) is 4.18. The molecule has 0 aliphatic rings. The molecule has 5 nitrogen and oxygen atoms in total. The smallest absolute Gasteiger partial charge is 0.310 e. The fourth-order valence-electron chi connectivity index (χ4n) is 0.0678. The third kappa shape index (κ3) is 54.2. The van der Waals surface area contributed by atoms with Gasteiger partial charge in [-0.1, -0.05) is 0 Å². The second-order valence-electron chi connectivity index (χ2n) is 0.811. The van der Waals surface area contributed by atoms with E-state index in [1.165, 1.54) is 0 Å². The van der Waals surface area contributed by atoms with Crippen molar-refractivity contribution >= 4 is 18.9 Å². The average molecular weight is 134 g/mol. The van der Waals surface area contributed by atoms with Crippen molar-refractivity contribution in [3.63, 3.8) is 0 Å². The van der Waals surface area contributed by atoms with Gasteiger partial charge in [-0.05, 0) is 0 Å². The van der Waals surface area contributed by atoms with Crippen LogP contribution in [0.1, 0.15) is 6.92 Å². The Balaban J connectivity index is 0. The summed E-state index contributed by atoms with van der Waals surface area (Å²) in [6.45, 7) is 1.01. The first-order valence-corrected chi connectivity index (χ1v) is 1.87. The van der Waals surface area contributed by atoms with E-state index >= 15 is 0 Å². The third-order valence-corrected chi connectivity index (χ3v) is 0.214. The molecule has 0 aromatic heterocycles. The Morgan fingerprint density at radius 3 is 1.89 bits per heavy atom. The van der Waals surface area contributed by atoms with E-state index in [1.807, 2.05) is 0 Å². The van der Waals surface area contributed by atoms with E-state index in [0.717, 1.165) is 6.92 Å². The van der Waals surface area contributed by atoms with Crippen LogP contribution in [0.2, 0.25) is 0 Å². The van der Waals surface area contributed by atoms with Crippen molar-refractivity contribution in [2.75, 3.05) is 0 Å². The van der Waals surface area contributed by atoms with Gasteiger partial charge in [0.25, 0.3) is 6.47 Å². The van der Waals surface area contributed by atoms with E-state index in [9.17, 15) is 9.59 Å². The molecule has 0 saturated carbocycles. The zero-order valence-corrected chi connectivity index (χ0v) is 4.73. The summed E-state index contributed by atoms with van der Waals surface area (Å²) in [5.74, 6) is -0.579. The van der Waals surface area contributed by atoms with Gasteiger partial charge in [0, 0.05) is 6.92 Å². The quantitative estimate of drug-likeness (QED) is 0.294. The summed E-state index contributed by atoms with van der Waals surface area (Å²) in [5, 5.41) is 6.89. The highest BCUT2D eigenvalue weighted by Gasteiger charge is 1.82. The van der Waals surface area contributed by atoms with Gasteiger partial charge in [0.15, 0.2) is 0 Å². The molecule has 9 heavy (non-hydrogen) atoms. The van der Waals surface area contributed by atoms with Crippen LogP contribution in [0.4, 0.5) is 0 Å². The molecule has 0 fully saturated rings.